The second-order valence-corrected chi connectivity index (χ2v) is 7.58. The molecule has 1 saturated heterocycles. The Balaban J connectivity index is 1.27. The molecule has 158 valence electrons. The standard InChI is InChI=1S/C22H25N3O5/c1-15-21(27)25(17-5-2-3-6-18(17)30-15)13-10-20(26)23-16-8-11-24(12-9-16)22(28)19-7-4-14-29-19/h2-7,14-16H,8-13H2,1H3,(H,23,26). The summed E-state index contributed by atoms with van der Waals surface area (Å²) in [5.74, 6) is 0.616. The van der Waals surface area contributed by atoms with Gasteiger partial charge in [-0.05, 0) is 44.0 Å². The highest BCUT2D eigenvalue weighted by molar-refractivity contribution is 6.00. The van der Waals surface area contributed by atoms with E-state index in [1.54, 1.807) is 28.9 Å². The molecule has 2 aliphatic rings. The summed E-state index contributed by atoms with van der Waals surface area (Å²) in [5.41, 5.74) is 0.693. The Kier molecular flexibility index (Phi) is 5.74. The molecule has 1 N–H and O–H groups in total. The number of ether oxygens (including phenoxy) is 1. The van der Waals surface area contributed by atoms with Crippen molar-refractivity contribution in [3.63, 3.8) is 0 Å². The first-order chi connectivity index (χ1) is 14.5. The Labute approximate surface area is 174 Å². The minimum absolute atomic E-state index is 0.0183. The summed E-state index contributed by atoms with van der Waals surface area (Å²) in [6, 6.07) is 10.7. The molecule has 0 bridgehead atoms. The highest BCUT2D eigenvalue weighted by Gasteiger charge is 2.31. The van der Waals surface area contributed by atoms with Gasteiger partial charge in [0.15, 0.2) is 11.9 Å². The van der Waals surface area contributed by atoms with Crippen LogP contribution in [0.1, 0.15) is 36.7 Å². The van der Waals surface area contributed by atoms with Crippen molar-refractivity contribution in [3.05, 3.63) is 48.4 Å². The van der Waals surface area contributed by atoms with Gasteiger partial charge in [0.05, 0.1) is 12.0 Å². The fraction of sp³-hybridized carbons (Fsp3) is 0.409. The molecule has 1 atom stereocenters. The molecule has 3 amide bonds. The smallest absolute Gasteiger partial charge is 0.289 e. The number of nitrogens with one attached hydrogen (secondary N) is 1. The normalized spacial score (nSPS) is 19.2. The summed E-state index contributed by atoms with van der Waals surface area (Å²) in [6.45, 7) is 3.14. The van der Waals surface area contributed by atoms with E-state index in [0.717, 1.165) is 0 Å². The number of amides is 3. The van der Waals surface area contributed by atoms with Crippen LogP contribution in [0.4, 0.5) is 5.69 Å². The lowest BCUT2D eigenvalue weighted by molar-refractivity contribution is -0.125. The summed E-state index contributed by atoms with van der Waals surface area (Å²) in [6.07, 6.45) is 2.50. The summed E-state index contributed by atoms with van der Waals surface area (Å²) in [5, 5.41) is 3.03. The predicted octanol–water partition coefficient (Wildman–Crippen LogP) is 2.20. The molecule has 8 nitrogen and oxygen atoms in total. The number of para-hydroxylation sites is 2. The molecule has 0 aliphatic carbocycles. The molecular formula is C22H25N3O5. The lowest BCUT2D eigenvalue weighted by Crippen LogP contribution is -2.48. The molecule has 2 aliphatic heterocycles. The van der Waals surface area contributed by atoms with E-state index >= 15 is 0 Å². The van der Waals surface area contributed by atoms with E-state index in [0.29, 0.717) is 49.7 Å². The van der Waals surface area contributed by atoms with Crippen LogP contribution in [0.3, 0.4) is 0 Å². The molecular weight excluding hydrogens is 386 g/mol. The van der Waals surface area contributed by atoms with Gasteiger partial charge in [-0.15, -0.1) is 0 Å². The maximum absolute atomic E-state index is 12.5. The number of benzene rings is 1. The Morgan fingerprint density at radius 2 is 1.90 bits per heavy atom. The third-order valence-corrected chi connectivity index (χ3v) is 5.52. The van der Waals surface area contributed by atoms with Crippen molar-refractivity contribution >= 4 is 23.4 Å². The van der Waals surface area contributed by atoms with Gasteiger partial charge in [0.1, 0.15) is 5.75 Å². The first-order valence-corrected chi connectivity index (χ1v) is 10.2. The monoisotopic (exact) mass is 411 g/mol. The van der Waals surface area contributed by atoms with Gasteiger partial charge in [-0.1, -0.05) is 12.1 Å². The number of carbonyl (C=O) groups excluding carboxylic acids is 3. The summed E-state index contributed by atoms with van der Waals surface area (Å²) < 4.78 is 10.8. The van der Waals surface area contributed by atoms with Crippen LogP contribution in [0, 0.1) is 0 Å². The van der Waals surface area contributed by atoms with E-state index in [1.807, 2.05) is 24.3 Å². The fourth-order valence-electron chi connectivity index (χ4n) is 3.89. The average molecular weight is 411 g/mol. The Morgan fingerprint density at radius 3 is 2.63 bits per heavy atom. The van der Waals surface area contributed by atoms with Gasteiger partial charge in [-0.2, -0.15) is 0 Å². The summed E-state index contributed by atoms with van der Waals surface area (Å²) >= 11 is 0. The Bertz CT molecular complexity index is 919. The van der Waals surface area contributed by atoms with Crippen LogP contribution in [0.2, 0.25) is 0 Å². The van der Waals surface area contributed by atoms with Crippen molar-refractivity contribution < 1.29 is 23.5 Å². The lowest BCUT2D eigenvalue weighted by Gasteiger charge is -2.33. The highest BCUT2D eigenvalue weighted by atomic mass is 16.5. The van der Waals surface area contributed by atoms with Gasteiger partial charge in [0.25, 0.3) is 11.8 Å². The fourth-order valence-corrected chi connectivity index (χ4v) is 3.89. The van der Waals surface area contributed by atoms with Crippen molar-refractivity contribution in [2.24, 2.45) is 0 Å². The zero-order valence-electron chi connectivity index (χ0n) is 16.9. The van der Waals surface area contributed by atoms with Crippen molar-refractivity contribution in [2.75, 3.05) is 24.5 Å². The number of likely N-dealkylation sites (tertiary alicyclic amines) is 1. The van der Waals surface area contributed by atoms with E-state index in [2.05, 4.69) is 5.32 Å². The molecule has 1 unspecified atom stereocenters. The predicted molar refractivity (Wildman–Crippen MR) is 109 cm³/mol. The number of furan rings is 1. The zero-order chi connectivity index (χ0) is 21.1. The van der Waals surface area contributed by atoms with Crippen LogP contribution in [0.25, 0.3) is 0 Å². The average Bonchev–Trinajstić information content (AvgIpc) is 3.29. The van der Waals surface area contributed by atoms with E-state index in [4.69, 9.17) is 9.15 Å². The number of hydrogen-bond acceptors (Lipinski definition) is 5. The van der Waals surface area contributed by atoms with Gasteiger partial charge in [0, 0.05) is 32.1 Å². The minimum atomic E-state index is -0.570. The molecule has 1 aromatic heterocycles. The number of rotatable bonds is 5. The number of carbonyl (C=O) groups is 3. The molecule has 4 rings (SSSR count). The van der Waals surface area contributed by atoms with E-state index in [9.17, 15) is 14.4 Å². The maximum atomic E-state index is 12.5. The lowest BCUT2D eigenvalue weighted by atomic mass is 10.0. The number of nitrogens with zero attached hydrogens (tertiary/aromatic N) is 2. The molecule has 0 radical (unpaired) electrons. The van der Waals surface area contributed by atoms with Crippen molar-refractivity contribution in [1.82, 2.24) is 10.2 Å². The van der Waals surface area contributed by atoms with Crippen LogP contribution in [0.15, 0.2) is 47.1 Å². The third-order valence-electron chi connectivity index (χ3n) is 5.52. The second kappa shape index (κ2) is 8.61. The first kappa shape index (κ1) is 20.0. The molecule has 0 saturated carbocycles. The molecule has 2 aromatic rings. The molecule has 8 heteroatoms. The van der Waals surface area contributed by atoms with Crippen LogP contribution in [0.5, 0.6) is 5.75 Å². The van der Waals surface area contributed by atoms with E-state index in [1.165, 1.54) is 6.26 Å². The first-order valence-electron chi connectivity index (χ1n) is 10.2. The summed E-state index contributed by atoms with van der Waals surface area (Å²) in [7, 11) is 0. The molecule has 3 heterocycles. The van der Waals surface area contributed by atoms with Crippen molar-refractivity contribution in [2.45, 2.75) is 38.3 Å². The van der Waals surface area contributed by atoms with E-state index in [-0.39, 0.29) is 30.2 Å². The SMILES string of the molecule is CC1Oc2ccccc2N(CCC(=O)NC2CCN(C(=O)c3ccco3)CC2)C1=O. The third kappa shape index (κ3) is 4.17. The van der Waals surface area contributed by atoms with Crippen LogP contribution < -0.4 is 15.0 Å². The largest absolute Gasteiger partial charge is 0.479 e. The van der Waals surface area contributed by atoms with Crippen LogP contribution in [-0.4, -0.2) is 54.4 Å². The second-order valence-electron chi connectivity index (χ2n) is 7.58. The number of fused-ring (bicyclic) bond motifs is 1. The highest BCUT2D eigenvalue weighted by Crippen LogP contribution is 2.33. The Morgan fingerprint density at radius 1 is 1.13 bits per heavy atom. The van der Waals surface area contributed by atoms with Gasteiger partial charge >= 0.3 is 0 Å². The van der Waals surface area contributed by atoms with Gasteiger partial charge in [-0.25, -0.2) is 0 Å². The number of hydrogen-bond donors (Lipinski definition) is 1. The van der Waals surface area contributed by atoms with Gasteiger partial charge < -0.3 is 24.3 Å². The van der Waals surface area contributed by atoms with Gasteiger partial charge in [0.2, 0.25) is 5.91 Å². The van der Waals surface area contributed by atoms with Crippen LogP contribution >= 0.6 is 0 Å². The van der Waals surface area contributed by atoms with E-state index < -0.39 is 6.10 Å². The Hall–Kier alpha value is -3.29. The minimum Gasteiger partial charge on any atom is -0.479 e. The maximum Gasteiger partial charge on any atom is 0.289 e. The summed E-state index contributed by atoms with van der Waals surface area (Å²) in [4.78, 5) is 40.7. The molecule has 30 heavy (non-hydrogen) atoms. The van der Waals surface area contributed by atoms with Crippen LogP contribution in [-0.2, 0) is 9.59 Å². The van der Waals surface area contributed by atoms with Gasteiger partial charge in [-0.3, -0.25) is 14.4 Å². The molecule has 0 spiro atoms. The topological polar surface area (TPSA) is 92.1 Å². The number of piperidine rings is 1. The molecule has 1 fully saturated rings. The van der Waals surface area contributed by atoms with Crippen molar-refractivity contribution in [1.29, 1.82) is 0 Å². The van der Waals surface area contributed by atoms with Crippen molar-refractivity contribution in [3.8, 4) is 5.75 Å². The quantitative estimate of drug-likeness (QED) is 0.814. The molecule has 1 aromatic carbocycles. The zero-order valence-corrected chi connectivity index (χ0v) is 16.9. The number of anilines is 1.